The molecule has 0 bridgehead atoms. The van der Waals surface area contributed by atoms with Gasteiger partial charge < -0.3 is 21.7 Å². The summed E-state index contributed by atoms with van der Waals surface area (Å²) in [6.07, 6.45) is 2.67. The molecule has 1 heterocycles. The molecule has 5 N–H and O–H groups in total. The van der Waals surface area contributed by atoms with E-state index in [0.29, 0.717) is 16.9 Å². The number of nitrogen functional groups attached to an aromatic ring is 1. The lowest BCUT2D eigenvalue weighted by molar-refractivity contribution is -0.119. The molecular formula is C14H20N4O2. The molecule has 1 aliphatic rings. The number of anilines is 2. The molecule has 0 radical (unpaired) electrons. The maximum absolute atomic E-state index is 11.7. The van der Waals surface area contributed by atoms with Gasteiger partial charge in [0, 0.05) is 19.2 Å². The van der Waals surface area contributed by atoms with Gasteiger partial charge in [-0.25, -0.2) is 0 Å². The zero-order chi connectivity index (χ0) is 14.7. The van der Waals surface area contributed by atoms with Gasteiger partial charge in [-0.05, 0) is 37.5 Å². The number of carbonyl (C=O) groups is 2. The number of carbonyl (C=O) groups excluding carboxylic acids is 2. The smallest absolute Gasteiger partial charge is 0.251 e. The second kappa shape index (κ2) is 5.81. The van der Waals surface area contributed by atoms with Crippen molar-refractivity contribution in [2.75, 3.05) is 24.2 Å². The van der Waals surface area contributed by atoms with Gasteiger partial charge in [0.25, 0.3) is 5.91 Å². The highest BCUT2D eigenvalue weighted by Crippen LogP contribution is 2.30. The van der Waals surface area contributed by atoms with E-state index in [2.05, 4.69) is 5.32 Å². The Bertz CT molecular complexity index is 530. The van der Waals surface area contributed by atoms with E-state index >= 15 is 0 Å². The Labute approximate surface area is 118 Å². The Kier molecular flexibility index (Phi) is 4.12. The molecule has 0 aliphatic carbocycles. The van der Waals surface area contributed by atoms with E-state index in [1.54, 1.807) is 25.2 Å². The number of piperidine rings is 1. The van der Waals surface area contributed by atoms with Gasteiger partial charge in [0.15, 0.2) is 0 Å². The van der Waals surface area contributed by atoms with Crippen LogP contribution < -0.4 is 21.7 Å². The van der Waals surface area contributed by atoms with E-state index in [-0.39, 0.29) is 17.9 Å². The second-order valence-corrected chi connectivity index (χ2v) is 4.96. The van der Waals surface area contributed by atoms with E-state index < -0.39 is 0 Å². The SMILES string of the molecule is CNC(=O)c1ccc(N)c(N2CCCCC2C(N)=O)c1. The fourth-order valence-corrected chi connectivity index (χ4v) is 2.59. The van der Waals surface area contributed by atoms with Crippen LogP contribution in [0.25, 0.3) is 0 Å². The van der Waals surface area contributed by atoms with Crippen molar-refractivity contribution in [2.24, 2.45) is 5.73 Å². The van der Waals surface area contributed by atoms with Crippen LogP contribution in [-0.2, 0) is 4.79 Å². The molecule has 0 aromatic heterocycles. The normalized spacial score (nSPS) is 18.6. The summed E-state index contributed by atoms with van der Waals surface area (Å²) < 4.78 is 0. The molecular weight excluding hydrogens is 256 g/mol. The standard InChI is InChI=1S/C14H20N4O2/c1-17-14(20)9-5-6-10(15)12(8-9)18-7-3-2-4-11(18)13(16)19/h5-6,8,11H,2-4,7,15H2,1H3,(H2,16,19)(H,17,20). The van der Waals surface area contributed by atoms with Gasteiger partial charge in [0.1, 0.15) is 6.04 Å². The van der Waals surface area contributed by atoms with E-state index in [0.717, 1.165) is 25.8 Å². The molecule has 1 fully saturated rings. The summed E-state index contributed by atoms with van der Waals surface area (Å²) in [5.74, 6) is -0.534. The second-order valence-electron chi connectivity index (χ2n) is 4.96. The van der Waals surface area contributed by atoms with Crippen molar-refractivity contribution in [1.82, 2.24) is 5.32 Å². The molecule has 1 unspecified atom stereocenters. The fourth-order valence-electron chi connectivity index (χ4n) is 2.59. The monoisotopic (exact) mass is 276 g/mol. The minimum atomic E-state index is -0.356. The number of rotatable bonds is 3. The molecule has 2 rings (SSSR count). The Balaban J connectivity index is 2.39. The lowest BCUT2D eigenvalue weighted by atomic mass is 9.99. The first-order valence-electron chi connectivity index (χ1n) is 6.72. The summed E-state index contributed by atoms with van der Waals surface area (Å²) in [6, 6.07) is 4.72. The van der Waals surface area contributed by atoms with Gasteiger partial charge in [-0.15, -0.1) is 0 Å². The van der Waals surface area contributed by atoms with Crippen molar-refractivity contribution < 1.29 is 9.59 Å². The van der Waals surface area contributed by atoms with E-state index in [1.807, 2.05) is 4.90 Å². The quantitative estimate of drug-likeness (QED) is 0.698. The largest absolute Gasteiger partial charge is 0.397 e. The maximum atomic E-state index is 11.7. The highest BCUT2D eigenvalue weighted by molar-refractivity contribution is 5.96. The Morgan fingerprint density at radius 3 is 2.75 bits per heavy atom. The first-order chi connectivity index (χ1) is 9.54. The molecule has 20 heavy (non-hydrogen) atoms. The summed E-state index contributed by atoms with van der Waals surface area (Å²) in [5, 5.41) is 2.57. The molecule has 6 nitrogen and oxygen atoms in total. The Morgan fingerprint density at radius 1 is 1.35 bits per heavy atom. The lowest BCUT2D eigenvalue weighted by Gasteiger charge is -2.36. The molecule has 2 amide bonds. The Hall–Kier alpha value is -2.24. The van der Waals surface area contributed by atoms with E-state index in [9.17, 15) is 9.59 Å². The zero-order valence-corrected chi connectivity index (χ0v) is 11.6. The first kappa shape index (κ1) is 14.2. The van der Waals surface area contributed by atoms with Crippen LogP contribution in [0.2, 0.25) is 0 Å². The van der Waals surface area contributed by atoms with Crippen molar-refractivity contribution in [2.45, 2.75) is 25.3 Å². The zero-order valence-electron chi connectivity index (χ0n) is 11.6. The van der Waals surface area contributed by atoms with Crippen molar-refractivity contribution in [3.63, 3.8) is 0 Å². The average Bonchev–Trinajstić information content (AvgIpc) is 2.47. The third-order valence-corrected chi connectivity index (χ3v) is 3.66. The van der Waals surface area contributed by atoms with E-state index in [1.165, 1.54) is 0 Å². The highest BCUT2D eigenvalue weighted by atomic mass is 16.2. The average molecular weight is 276 g/mol. The van der Waals surface area contributed by atoms with Crippen LogP contribution in [0.3, 0.4) is 0 Å². The van der Waals surface area contributed by atoms with Gasteiger partial charge in [-0.2, -0.15) is 0 Å². The number of primary amides is 1. The van der Waals surface area contributed by atoms with Crippen LogP contribution in [0.4, 0.5) is 11.4 Å². The van der Waals surface area contributed by atoms with Gasteiger partial charge in [-0.3, -0.25) is 9.59 Å². The van der Waals surface area contributed by atoms with Crippen LogP contribution in [0.1, 0.15) is 29.6 Å². The number of nitrogens with two attached hydrogens (primary N) is 2. The summed E-state index contributed by atoms with van der Waals surface area (Å²) >= 11 is 0. The van der Waals surface area contributed by atoms with Crippen LogP contribution in [-0.4, -0.2) is 31.4 Å². The number of nitrogens with zero attached hydrogens (tertiary/aromatic N) is 1. The minimum absolute atomic E-state index is 0.182. The van der Waals surface area contributed by atoms with Crippen LogP contribution in [0, 0.1) is 0 Å². The van der Waals surface area contributed by atoms with Crippen LogP contribution in [0.5, 0.6) is 0 Å². The summed E-state index contributed by atoms with van der Waals surface area (Å²) in [6.45, 7) is 0.717. The predicted octanol–water partition coefficient (Wildman–Crippen LogP) is 0.473. The summed E-state index contributed by atoms with van der Waals surface area (Å²) in [7, 11) is 1.57. The Morgan fingerprint density at radius 2 is 2.10 bits per heavy atom. The summed E-state index contributed by atoms with van der Waals surface area (Å²) in [4.78, 5) is 25.2. The van der Waals surface area contributed by atoms with Crippen molar-refractivity contribution in [1.29, 1.82) is 0 Å². The van der Waals surface area contributed by atoms with Gasteiger partial charge >= 0.3 is 0 Å². The molecule has 1 aromatic carbocycles. The molecule has 6 heteroatoms. The first-order valence-corrected chi connectivity index (χ1v) is 6.72. The van der Waals surface area contributed by atoms with Crippen LogP contribution >= 0.6 is 0 Å². The molecule has 0 saturated carbocycles. The van der Waals surface area contributed by atoms with E-state index in [4.69, 9.17) is 11.5 Å². The van der Waals surface area contributed by atoms with Gasteiger partial charge in [-0.1, -0.05) is 0 Å². The molecule has 0 spiro atoms. The highest BCUT2D eigenvalue weighted by Gasteiger charge is 2.28. The molecule has 1 atom stereocenters. The van der Waals surface area contributed by atoms with Crippen LogP contribution in [0.15, 0.2) is 18.2 Å². The number of hydrogen-bond donors (Lipinski definition) is 3. The third kappa shape index (κ3) is 2.68. The van der Waals surface area contributed by atoms with Crippen molar-refractivity contribution >= 4 is 23.2 Å². The summed E-state index contributed by atoms with van der Waals surface area (Å²) in [5.41, 5.74) is 13.2. The van der Waals surface area contributed by atoms with Crippen molar-refractivity contribution in [3.8, 4) is 0 Å². The van der Waals surface area contributed by atoms with Crippen molar-refractivity contribution in [3.05, 3.63) is 23.8 Å². The van der Waals surface area contributed by atoms with Gasteiger partial charge in [0.2, 0.25) is 5.91 Å². The molecule has 1 aliphatic heterocycles. The number of nitrogens with one attached hydrogen (secondary N) is 1. The van der Waals surface area contributed by atoms with Gasteiger partial charge in [0.05, 0.1) is 11.4 Å². The molecule has 1 saturated heterocycles. The minimum Gasteiger partial charge on any atom is -0.397 e. The molecule has 1 aromatic rings. The fraction of sp³-hybridized carbons (Fsp3) is 0.429. The topological polar surface area (TPSA) is 101 Å². The molecule has 108 valence electrons. The number of benzene rings is 1. The number of hydrogen-bond acceptors (Lipinski definition) is 4. The lowest BCUT2D eigenvalue weighted by Crippen LogP contribution is -2.48. The number of amides is 2. The predicted molar refractivity (Wildman–Crippen MR) is 78.4 cm³/mol. The maximum Gasteiger partial charge on any atom is 0.251 e. The third-order valence-electron chi connectivity index (χ3n) is 3.66.